The monoisotopic (exact) mass is 188 g/mol. The third-order valence-electron chi connectivity index (χ3n) is 2.23. The van der Waals surface area contributed by atoms with E-state index in [-0.39, 0.29) is 18.9 Å². The van der Waals surface area contributed by atoms with E-state index >= 15 is 0 Å². The molecule has 1 rings (SSSR count). The molecule has 0 saturated carbocycles. The normalized spacial score (nSPS) is 28.3. The molecule has 0 aromatic rings. The number of ether oxygens (including phenoxy) is 1. The van der Waals surface area contributed by atoms with Crippen LogP contribution in [0.1, 0.15) is 12.8 Å². The molecule has 0 radical (unpaired) electrons. The molecule has 74 valence electrons. The van der Waals surface area contributed by atoms with Gasteiger partial charge < -0.3 is 14.9 Å². The third kappa shape index (κ3) is 2.69. The molecule has 0 aromatic carbocycles. The third-order valence-corrected chi connectivity index (χ3v) is 2.23. The Morgan fingerprint density at radius 2 is 2.08 bits per heavy atom. The van der Waals surface area contributed by atoms with Gasteiger partial charge in [0.25, 0.3) is 0 Å². The standard InChI is InChI=1S/C8H12O5/c9-7(10)3-5-4-13-2-1-6(5)8(11)12/h5-6H,1-4H2,(H,9,10)(H,11,12)/t5-,6+/m0/s1. The molecule has 5 heteroatoms. The van der Waals surface area contributed by atoms with Gasteiger partial charge in [-0.25, -0.2) is 0 Å². The van der Waals surface area contributed by atoms with Crippen LogP contribution in [0.2, 0.25) is 0 Å². The molecule has 1 saturated heterocycles. The molecule has 1 fully saturated rings. The minimum absolute atomic E-state index is 0.128. The van der Waals surface area contributed by atoms with Gasteiger partial charge in [0.2, 0.25) is 0 Å². The van der Waals surface area contributed by atoms with E-state index < -0.39 is 17.9 Å². The molecule has 0 amide bonds. The van der Waals surface area contributed by atoms with Gasteiger partial charge in [-0.2, -0.15) is 0 Å². The van der Waals surface area contributed by atoms with Gasteiger partial charge in [-0.15, -0.1) is 0 Å². The molecule has 0 aromatic heterocycles. The zero-order chi connectivity index (χ0) is 9.84. The Balaban J connectivity index is 2.56. The Morgan fingerprint density at radius 1 is 1.38 bits per heavy atom. The second kappa shape index (κ2) is 4.23. The first kappa shape index (κ1) is 9.98. The van der Waals surface area contributed by atoms with Crippen LogP contribution in [0.4, 0.5) is 0 Å². The van der Waals surface area contributed by atoms with Crippen LogP contribution in [-0.4, -0.2) is 35.4 Å². The summed E-state index contributed by atoms with van der Waals surface area (Å²) >= 11 is 0. The molecule has 5 nitrogen and oxygen atoms in total. The van der Waals surface area contributed by atoms with Gasteiger partial charge in [0.05, 0.1) is 18.9 Å². The summed E-state index contributed by atoms with van der Waals surface area (Å²) in [6, 6.07) is 0. The zero-order valence-corrected chi connectivity index (χ0v) is 7.10. The number of carbonyl (C=O) groups is 2. The highest BCUT2D eigenvalue weighted by Gasteiger charge is 2.32. The summed E-state index contributed by atoms with van der Waals surface area (Å²) < 4.78 is 5.04. The van der Waals surface area contributed by atoms with Crippen molar-refractivity contribution in [3.63, 3.8) is 0 Å². The van der Waals surface area contributed by atoms with Crippen LogP contribution in [0, 0.1) is 11.8 Å². The molecule has 13 heavy (non-hydrogen) atoms. The number of carboxylic acid groups (broad SMARTS) is 2. The van der Waals surface area contributed by atoms with Crippen LogP contribution in [0.15, 0.2) is 0 Å². The van der Waals surface area contributed by atoms with Gasteiger partial charge >= 0.3 is 11.9 Å². The number of carboxylic acids is 2. The number of hydrogen-bond donors (Lipinski definition) is 2. The van der Waals surface area contributed by atoms with Crippen molar-refractivity contribution in [2.45, 2.75) is 12.8 Å². The van der Waals surface area contributed by atoms with Crippen molar-refractivity contribution in [3.05, 3.63) is 0 Å². The molecular weight excluding hydrogens is 176 g/mol. The quantitative estimate of drug-likeness (QED) is 0.660. The predicted molar refractivity (Wildman–Crippen MR) is 42.3 cm³/mol. The van der Waals surface area contributed by atoms with Gasteiger partial charge in [-0.3, -0.25) is 9.59 Å². The maximum absolute atomic E-state index is 10.7. The Bertz CT molecular complexity index is 213. The maximum Gasteiger partial charge on any atom is 0.306 e. The van der Waals surface area contributed by atoms with Crippen molar-refractivity contribution in [1.82, 2.24) is 0 Å². The van der Waals surface area contributed by atoms with Gasteiger partial charge in [-0.05, 0) is 6.42 Å². The largest absolute Gasteiger partial charge is 0.481 e. The first-order valence-electron chi connectivity index (χ1n) is 4.13. The summed E-state index contributed by atoms with van der Waals surface area (Å²) in [7, 11) is 0. The van der Waals surface area contributed by atoms with E-state index in [1.165, 1.54) is 0 Å². The average molecular weight is 188 g/mol. The zero-order valence-electron chi connectivity index (χ0n) is 7.10. The first-order chi connectivity index (χ1) is 6.11. The fourth-order valence-corrected chi connectivity index (χ4v) is 1.55. The molecule has 0 aliphatic carbocycles. The van der Waals surface area contributed by atoms with Crippen molar-refractivity contribution >= 4 is 11.9 Å². The second-order valence-electron chi connectivity index (χ2n) is 3.17. The van der Waals surface area contributed by atoms with Crippen LogP contribution in [0.3, 0.4) is 0 Å². The van der Waals surface area contributed by atoms with Crippen molar-refractivity contribution < 1.29 is 24.5 Å². The average Bonchev–Trinajstić information content (AvgIpc) is 2.03. The molecule has 0 spiro atoms. The minimum Gasteiger partial charge on any atom is -0.481 e. The smallest absolute Gasteiger partial charge is 0.306 e. The fraction of sp³-hybridized carbons (Fsp3) is 0.750. The summed E-state index contributed by atoms with van der Waals surface area (Å²) in [6.07, 6.45) is 0.282. The van der Waals surface area contributed by atoms with E-state index in [1.54, 1.807) is 0 Å². The van der Waals surface area contributed by atoms with Crippen LogP contribution in [-0.2, 0) is 14.3 Å². The van der Waals surface area contributed by atoms with E-state index in [0.29, 0.717) is 13.0 Å². The molecule has 0 bridgehead atoms. The van der Waals surface area contributed by atoms with E-state index in [9.17, 15) is 9.59 Å². The summed E-state index contributed by atoms with van der Waals surface area (Å²) in [6.45, 7) is 0.649. The van der Waals surface area contributed by atoms with Crippen LogP contribution in [0.5, 0.6) is 0 Å². The number of aliphatic carboxylic acids is 2. The van der Waals surface area contributed by atoms with E-state index in [2.05, 4.69) is 0 Å². The minimum atomic E-state index is -0.971. The molecule has 2 atom stereocenters. The van der Waals surface area contributed by atoms with E-state index in [0.717, 1.165) is 0 Å². The molecule has 2 N–H and O–H groups in total. The lowest BCUT2D eigenvalue weighted by molar-refractivity contribution is -0.151. The van der Waals surface area contributed by atoms with Crippen molar-refractivity contribution in [2.75, 3.05) is 13.2 Å². The van der Waals surface area contributed by atoms with Gasteiger partial charge in [0, 0.05) is 12.5 Å². The fourth-order valence-electron chi connectivity index (χ4n) is 1.55. The maximum atomic E-state index is 10.7. The molecule has 0 unspecified atom stereocenters. The lowest BCUT2D eigenvalue weighted by Crippen LogP contribution is -2.34. The van der Waals surface area contributed by atoms with Gasteiger partial charge in [-0.1, -0.05) is 0 Å². The first-order valence-corrected chi connectivity index (χ1v) is 4.13. The molecular formula is C8H12O5. The van der Waals surface area contributed by atoms with Crippen molar-refractivity contribution in [1.29, 1.82) is 0 Å². The van der Waals surface area contributed by atoms with E-state index in [1.807, 2.05) is 0 Å². The van der Waals surface area contributed by atoms with Crippen molar-refractivity contribution in [2.24, 2.45) is 11.8 Å². The van der Waals surface area contributed by atoms with E-state index in [4.69, 9.17) is 14.9 Å². The molecule has 1 aliphatic rings. The molecule has 1 heterocycles. The second-order valence-corrected chi connectivity index (χ2v) is 3.17. The number of hydrogen-bond acceptors (Lipinski definition) is 3. The molecule has 1 aliphatic heterocycles. The topological polar surface area (TPSA) is 83.8 Å². The van der Waals surface area contributed by atoms with Crippen LogP contribution >= 0.6 is 0 Å². The Labute approximate surface area is 75.3 Å². The lowest BCUT2D eigenvalue weighted by atomic mass is 9.86. The van der Waals surface area contributed by atoms with Gasteiger partial charge in [0.15, 0.2) is 0 Å². The van der Waals surface area contributed by atoms with Gasteiger partial charge in [0.1, 0.15) is 0 Å². The van der Waals surface area contributed by atoms with Crippen LogP contribution in [0.25, 0.3) is 0 Å². The predicted octanol–water partition coefficient (Wildman–Crippen LogP) is 0.198. The SMILES string of the molecule is O=C(O)C[C@H]1COCC[C@H]1C(=O)O. The highest BCUT2D eigenvalue weighted by Crippen LogP contribution is 2.24. The number of rotatable bonds is 3. The highest BCUT2D eigenvalue weighted by atomic mass is 16.5. The summed E-state index contributed by atoms with van der Waals surface area (Å²) in [5, 5.41) is 17.3. The Hall–Kier alpha value is -1.10. The highest BCUT2D eigenvalue weighted by molar-refractivity contribution is 5.73. The summed E-state index contributed by atoms with van der Waals surface area (Å²) in [5.74, 6) is -2.84. The van der Waals surface area contributed by atoms with Crippen molar-refractivity contribution in [3.8, 4) is 0 Å². The lowest BCUT2D eigenvalue weighted by Gasteiger charge is -2.27. The Morgan fingerprint density at radius 3 is 2.62 bits per heavy atom. The summed E-state index contributed by atoms with van der Waals surface area (Å²) in [4.78, 5) is 21.1. The summed E-state index contributed by atoms with van der Waals surface area (Å²) in [5.41, 5.74) is 0. The Kier molecular flexibility index (Phi) is 3.25. The van der Waals surface area contributed by atoms with Crippen LogP contribution < -0.4 is 0 Å².